The quantitative estimate of drug-likeness (QED) is 0.611. The van der Waals surface area contributed by atoms with Crippen LogP contribution >= 0.6 is 0 Å². The van der Waals surface area contributed by atoms with E-state index >= 15 is 0 Å². The number of hydrogen-bond acceptors (Lipinski definition) is 5. The second-order valence-electron chi connectivity index (χ2n) is 3.42. The minimum atomic E-state index is -0.505. The lowest BCUT2D eigenvalue weighted by Gasteiger charge is -2.05. The van der Waals surface area contributed by atoms with E-state index in [1.165, 1.54) is 31.4 Å². The third-order valence-electron chi connectivity index (χ3n) is 2.38. The van der Waals surface area contributed by atoms with Crippen molar-refractivity contribution >= 4 is 5.69 Å². The van der Waals surface area contributed by atoms with Gasteiger partial charge in [-0.05, 0) is 18.2 Å². The highest BCUT2D eigenvalue weighted by Gasteiger charge is 2.15. The zero-order chi connectivity index (χ0) is 13.1. The summed E-state index contributed by atoms with van der Waals surface area (Å²) in [4.78, 5) is 10.1. The molecule has 90 valence electrons. The Morgan fingerprint density at radius 3 is 2.72 bits per heavy atom. The van der Waals surface area contributed by atoms with Crippen molar-refractivity contribution in [3.63, 3.8) is 0 Å². The van der Waals surface area contributed by atoms with Crippen molar-refractivity contribution in [3.8, 4) is 23.1 Å². The van der Waals surface area contributed by atoms with E-state index in [4.69, 9.17) is 14.4 Å². The van der Waals surface area contributed by atoms with Crippen LogP contribution in [-0.2, 0) is 0 Å². The van der Waals surface area contributed by atoms with E-state index in [0.29, 0.717) is 17.1 Å². The monoisotopic (exact) mass is 244 g/mol. The number of methoxy groups -OCH3 is 1. The summed E-state index contributed by atoms with van der Waals surface area (Å²) < 4.78 is 10.3. The minimum Gasteiger partial charge on any atom is -0.496 e. The predicted octanol–water partition coefficient (Wildman–Crippen LogP) is 2.74. The molecule has 0 amide bonds. The fraction of sp³-hybridized carbons (Fsp3) is 0.0833. The zero-order valence-electron chi connectivity index (χ0n) is 9.41. The van der Waals surface area contributed by atoms with Gasteiger partial charge in [-0.2, -0.15) is 5.26 Å². The Labute approximate surface area is 102 Å². The van der Waals surface area contributed by atoms with E-state index < -0.39 is 4.92 Å². The molecule has 0 atom stereocenters. The van der Waals surface area contributed by atoms with Crippen molar-refractivity contribution in [2.24, 2.45) is 0 Å². The van der Waals surface area contributed by atoms with E-state index in [2.05, 4.69) is 0 Å². The minimum absolute atomic E-state index is 0.0670. The lowest BCUT2D eigenvalue weighted by Crippen LogP contribution is -1.91. The molecule has 0 fully saturated rings. The summed E-state index contributed by atoms with van der Waals surface area (Å²) >= 11 is 0. The fourth-order valence-electron chi connectivity index (χ4n) is 1.54. The number of benzene rings is 1. The Morgan fingerprint density at radius 1 is 1.39 bits per heavy atom. The van der Waals surface area contributed by atoms with Crippen molar-refractivity contribution in [2.75, 3.05) is 7.11 Å². The number of ether oxygens (including phenoxy) is 1. The molecule has 0 aliphatic carbocycles. The first-order valence-corrected chi connectivity index (χ1v) is 4.98. The van der Waals surface area contributed by atoms with Crippen molar-refractivity contribution in [3.05, 3.63) is 46.2 Å². The van der Waals surface area contributed by atoms with Gasteiger partial charge in [0.25, 0.3) is 5.69 Å². The molecule has 0 unspecified atom stereocenters. The number of nitro benzene ring substituents is 1. The predicted molar refractivity (Wildman–Crippen MR) is 62.1 cm³/mol. The molecule has 0 radical (unpaired) electrons. The van der Waals surface area contributed by atoms with Crippen LogP contribution < -0.4 is 4.74 Å². The largest absolute Gasteiger partial charge is 0.496 e. The first kappa shape index (κ1) is 11.7. The third kappa shape index (κ3) is 2.01. The molecule has 6 heteroatoms. The van der Waals surface area contributed by atoms with Gasteiger partial charge in [-0.1, -0.05) is 0 Å². The van der Waals surface area contributed by atoms with Gasteiger partial charge in [0.05, 0.1) is 23.7 Å². The maximum atomic E-state index is 10.7. The molecule has 0 saturated heterocycles. The van der Waals surface area contributed by atoms with E-state index in [0.717, 1.165) is 0 Å². The normalized spacial score (nSPS) is 9.78. The number of rotatable bonds is 3. The van der Waals surface area contributed by atoms with Crippen molar-refractivity contribution in [1.82, 2.24) is 0 Å². The molecule has 0 aliphatic heterocycles. The van der Waals surface area contributed by atoms with Gasteiger partial charge in [0.1, 0.15) is 17.6 Å². The van der Waals surface area contributed by atoms with Gasteiger partial charge in [-0.15, -0.1) is 0 Å². The molecule has 1 heterocycles. The smallest absolute Gasteiger partial charge is 0.273 e. The molecule has 0 bridgehead atoms. The second kappa shape index (κ2) is 4.59. The maximum Gasteiger partial charge on any atom is 0.273 e. The SMILES string of the molecule is COc1cc([N+](=O)[O-])ccc1-c1ccc(C#N)o1. The average molecular weight is 244 g/mol. The molecular formula is C12H8N2O4. The molecule has 0 saturated carbocycles. The Bertz CT molecular complexity index is 640. The van der Waals surface area contributed by atoms with Crippen molar-refractivity contribution < 1.29 is 14.1 Å². The Kier molecular flexibility index (Phi) is 2.98. The van der Waals surface area contributed by atoms with Gasteiger partial charge in [0.15, 0.2) is 0 Å². The number of furan rings is 1. The van der Waals surface area contributed by atoms with Gasteiger partial charge in [0, 0.05) is 6.07 Å². The second-order valence-corrected chi connectivity index (χ2v) is 3.42. The van der Waals surface area contributed by atoms with Crippen LogP contribution in [0, 0.1) is 21.4 Å². The van der Waals surface area contributed by atoms with E-state index in [9.17, 15) is 10.1 Å². The van der Waals surface area contributed by atoms with Crippen LogP contribution in [0.15, 0.2) is 34.7 Å². The summed E-state index contributed by atoms with van der Waals surface area (Å²) in [5.74, 6) is 0.923. The first-order valence-electron chi connectivity index (χ1n) is 4.98. The fourth-order valence-corrected chi connectivity index (χ4v) is 1.54. The van der Waals surface area contributed by atoms with Crippen LogP contribution in [0.4, 0.5) is 5.69 Å². The first-order chi connectivity index (χ1) is 8.65. The highest BCUT2D eigenvalue weighted by atomic mass is 16.6. The number of nitriles is 1. The zero-order valence-corrected chi connectivity index (χ0v) is 9.41. The topological polar surface area (TPSA) is 89.3 Å². The van der Waals surface area contributed by atoms with Crippen LogP contribution in [0.25, 0.3) is 11.3 Å². The van der Waals surface area contributed by atoms with Crippen molar-refractivity contribution in [1.29, 1.82) is 5.26 Å². The summed E-state index contributed by atoms with van der Waals surface area (Å²) in [6.45, 7) is 0. The lowest BCUT2D eigenvalue weighted by atomic mass is 10.1. The molecule has 0 aliphatic rings. The average Bonchev–Trinajstić information content (AvgIpc) is 2.86. The van der Waals surface area contributed by atoms with Crippen LogP contribution in [0.3, 0.4) is 0 Å². The highest BCUT2D eigenvalue weighted by molar-refractivity contribution is 5.68. The Morgan fingerprint density at radius 2 is 2.17 bits per heavy atom. The highest BCUT2D eigenvalue weighted by Crippen LogP contribution is 2.33. The molecule has 2 rings (SSSR count). The van der Waals surface area contributed by atoms with Gasteiger partial charge in [-0.3, -0.25) is 10.1 Å². The maximum absolute atomic E-state index is 10.7. The molecule has 6 nitrogen and oxygen atoms in total. The molecule has 0 N–H and O–H groups in total. The molecule has 18 heavy (non-hydrogen) atoms. The van der Waals surface area contributed by atoms with Crippen LogP contribution in [0.1, 0.15) is 5.76 Å². The summed E-state index contributed by atoms with van der Waals surface area (Å²) in [6.07, 6.45) is 0. The van der Waals surface area contributed by atoms with Crippen LogP contribution in [0.5, 0.6) is 5.75 Å². The lowest BCUT2D eigenvalue weighted by molar-refractivity contribution is -0.384. The summed E-state index contributed by atoms with van der Waals surface area (Å²) in [7, 11) is 1.41. The molecular weight excluding hydrogens is 236 g/mol. The van der Waals surface area contributed by atoms with E-state index in [1.807, 2.05) is 6.07 Å². The molecule has 1 aromatic heterocycles. The molecule has 0 spiro atoms. The number of hydrogen-bond donors (Lipinski definition) is 0. The van der Waals surface area contributed by atoms with E-state index in [-0.39, 0.29) is 11.4 Å². The summed E-state index contributed by atoms with van der Waals surface area (Å²) in [5, 5.41) is 19.3. The van der Waals surface area contributed by atoms with Gasteiger partial charge >= 0.3 is 0 Å². The van der Waals surface area contributed by atoms with Crippen molar-refractivity contribution in [2.45, 2.75) is 0 Å². The Balaban J connectivity index is 2.51. The Hall–Kier alpha value is -2.81. The molecule has 1 aromatic carbocycles. The summed E-state index contributed by atoms with van der Waals surface area (Å²) in [6, 6.07) is 9.19. The van der Waals surface area contributed by atoms with Gasteiger partial charge in [0.2, 0.25) is 5.76 Å². The van der Waals surface area contributed by atoms with E-state index in [1.54, 1.807) is 6.07 Å². The van der Waals surface area contributed by atoms with Crippen LogP contribution in [0.2, 0.25) is 0 Å². The number of nitrogens with zero attached hydrogens (tertiary/aromatic N) is 2. The summed E-state index contributed by atoms with van der Waals surface area (Å²) in [5.41, 5.74) is 0.493. The standard InChI is InChI=1S/C12H8N2O4/c1-17-12-6-8(14(15)16)2-4-10(12)11-5-3-9(7-13)18-11/h2-6H,1H3. The number of nitro groups is 1. The number of non-ortho nitro benzene ring substituents is 1. The van der Waals surface area contributed by atoms with Gasteiger partial charge < -0.3 is 9.15 Å². The van der Waals surface area contributed by atoms with Gasteiger partial charge in [-0.25, -0.2) is 0 Å². The third-order valence-corrected chi connectivity index (χ3v) is 2.38. The molecule has 2 aromatic rings. The van der Waals surface area contributed by atoms with Crippen LogP contribution in [-0.4, -0.2) is 12.0 Å².